The summed E-state index contributed by atoms with van der Waals surface area (Å²) >= 11 is 6.18. The van der Waals surface area contributed by atoms with Gasteiger partial charge in [0.05, 0.1) is 10.7 Å². The van der Waals surface area contributed by atoms with Crippen molar-refractivity contribution < 1.29 is 8.42 Å². The second kappa shape index (κ2) is 6.66. The Balaban J connectivity index is 2.05. The average Bonchev–Trinajstić information content (AvgIpc) is 2.56. The van der Waals surface area contributed by atoms with Gasteiger partial charge in [-0.15, -0.1) is 0 Å². The highest BCUT2D eigenvalue weighted by molar-refractivity contribution is 7.89. The molecule has 1 N–H and O–H groups in total. The molecule has 1 atom stereocenters. The predicted octanol–water partition coefficient (Wildman–Crippen LogP) is 2.65. The molecule has 128 valence electrons. The second-order valence-corrected chi connectivity index (χ2v) is 8.18. The molecule has 1 aromatic carbocycles. The maximum atomic E-state index is 13.0. The van der Waals surface area contributed by atoms with Crippen LogP contribution >= 0.6 is 11.6 Å². The van der Waals surface area contributed by atoms with Gasteiger partial charge in [0, 0.05) is 24.2 Å². The number of hydrogen-bond acceptors (Lipinski definition) is 4. The molecule has 0 saturated carbocycles. The topological polar surface area (TPSA) is 83.1 Å². The number of piperidine rings is 1. The summed E-state index contributed by atoms with van der Waals surface area (Å²) in [5.41, 5.74) is 0.746. The summed E-state index contributed by atoms with van der Waals surface area (Å²) in [6, 6.07) is 7.58. The van der Waals surface area contributed by atoms with Gasteiger partial charge >= 0.3 is 0 Å². The van der Waals surface area contributed by atoms with Crippen LogP contribution < -0.4 is 5.56 Å². The first kappa shape index (κ1) is 17.1. The zero-order valence-electron chi connectivity index (χ0n) is 13.2. The molecule has 2 aromatic rings. The fourth-order valence-electron chi connectivity index (χ4n) is 2.92. The van der Waals surface area contributed by atoms with E-state index in [2.05, 4.69) is 10.2 Å². The van der Waals surface area contributed by atoms with Gasteiger partial charge in [-0.05, 0) is 38.0 Å². The smallest absolute Gasteiger partial charge is 0.264 e. The van der Waals surface area contributed by atoms with Crippen molar-refractivity contribution in [1.82, 2.24) is 14.5 Å². The van der Waals surface area contributed by atoms with Gasteiger partial charge < -0.3 is 0 Å². The van der Waals surface area contributed by atoms with Crippen LogP contribution in [0.5, 0.6) is 0 Å². The Morgan fingerprint density at radius 1 is 1.25 bits per heavy atom. The number of benzene rings is 1. The molecule has 1 unspecified atom stereocenters. The quantitative estimate of drug-likeness (QED) is 0.903. The van der Waals surface area contributed by atoms with Crippen LogP contribution in [-0.4, -0.2) is 35.5 Å². The fraction of sp³-hybridized carbons (Fsp3) is 0.375. The molecule has 3 rings (SSSR count). The molecule has 0 spiro atoms. The lowest BCUT2D eigenvalue weighted by molar-refractivity contribution is 0.268. The van der Waals surface area contributed by atoms with Gasteiger partial charge in [0.15, 0.2) is 0 Å². The van der Waals surface area contributed by atoms with Gasteiger partial charge in [0.25, 0.3) is 5.56 Å². The Morgan fingerprint density at radius 3 is 2.71 bits per heavy atom. The third-order valence-corrected chi connectivity index (χ3v) is 6.73. The van der Waals surface area contributed by atoms with Crippen LogP contribution in [0.1, 0.15) is 26.2 Å². The monoisotopic (exact) mass is 367 g/mol. The minimum Gasteiger partial charge on any atom is -0.268 e. The summed E-state index contributed by atoms with van der Waals surface area (Å²) in [5, 5.41) is 6.46. The van der Waals surface area contributed by atoms with Crippen LogP contribution in [-0.2, 0) is 10.0 Å². The van der Waals surface area contributed by atoms with E-state index in [-0.39, 0.29) is 21.5 Å². The third kappa shape index (κ3) is 3.24. The van der Waals surface area contributed by atoms with Gasteiger partial charge in [-0.3, -0.25) is 4.79 Å². The number of nitrogens with one attached hydrogen (secondary N) is 1. The highest BCUT2D eigenvalue weighted by atomic mass is 35.5. The molecule has 0 radical (unpaired) electrons. The highest BCUT2D eigenvalue weighted by Crippen LogP contribution is 2.32. The summed E-state index contributed by atoms with van der Waals surface area (Å²) in [5.74, 6) is 0. The molecule has 24 heavy (non-hydrogen) atoms. The minimum absolute atomic E-state index is 0.0466. The Morgan fingerprint density at radius 2 is 2.04 bits per heavy atom. The standard InChI is InChI=1S/C16H18ClN3O3S/c1-11-4-2-3-9-20(11)24(22,23)15-10-12(5-6-13(15)17)14-7-8-16(21)19-18-14/h5-8,10-11H,2-4,9H2,1H3,(H,19,21). The van der Waals surface area contributed by atoms with Gasteiger partial charge in [-0.25, -0.2) is 13.5 Å². The largest absolute Gasteiger partial charge is 0.268 e. The number of aromatic nitrogens is 2. The van der Waals surface area contributed by atoms with E-state index in [4.69, 9.17) is 11.6 Å². The van der Waals surface area contributed by atoms with Crippen molar-refractivity contribution in [3.8, 4) is 11.3 Å². The van der Waals surface area contributed by atoms with Crippen molar-refractivity contribution in [3.63, 3.8) is 0 Å². The first-order chi connectivity index (χ1) is 11.4. The number of sulfonamides is 1. The molecular formula is C16H18ClN3O3S. The first-order valence-electron chi connectivity index (χ1n) is 7.77. The summed E-state index contributed by atoms with van der Waals surface area (Å²) in [4.78, 5) is 11.2. The average molecular weight is 368 g/mol. The molecule has 1 aliphatic rings. The number of hydrogen-bond donors (Lipinski definition) is 1. The zero-order chi connectivity index (χ0) is 17.3. The summed E-state index contributed by atoms with van der Waals surface area (Å²) in [6.07, 6.45) is 2.72. The van der Waals surface area contributed by atoms with Crippen molar-refractivity contribution in [3.05, 3.63) is 45.7 Å². The second-order valence-electron chi connectivity index (χ2n) is 5.91. The van der Waals surface area contributed by atoms with E-state index in [0.29, 0.717) is 17.8 Å². The normalized spacial score (nSPS) is 19.3. The minimum atomic E-state index is -3.68. The van der Waals surface area contributed by atoms with Gasteiger partial charge in [-0.2, -0.15) is 9.40 Å². The molecule has 1 aliphatic heterocycles. The van der Waals surface area contributed by atoms with E-state index in [1.54, 1.807) is 18.2 Å². The van der Waals surface area contributed by atoms with Gasteiger partial charge in [0.2, 0.25) is 10.0 Å². The number of rotatable bonds is 3. The van der Waals surface area contributed by atoms with E-state index in [0.717, 1.165) is 19.3 Å². The molecule has 8 heteroatoms. The van der Waals surface area contributed by atoms with E-state index in [1.165, 1.54) is 16.4 Å². The van der Waals surface area contributed by atoms with Crippen LogP contribution in [0.3, 0.4) is 0 Å². The third-order valence-electron chi connectivity index (χ3n) is 4.23. The Labute approximate surface area is 145 Å². The summed E-state index contributed by atoms with van der Waals surface area (Å²) in [7, 11) is -3.68. The van der Waals surface area contributed by atoms with Crippen molar-refractivity contribution >= 4 is 21.6 Å². The number of nitrogens with zero attached hydrogens (tertiary/aromatic N) is 2. The van der Waals surface area contributed by atoms with Crippen molar-refractivity contribution in [2.45, 2.75) is 37.1 Å². The lowest BCUT2D eigenvalue weighted by Gasteiger charge is -2.32. The molecule has 0 aliphatic carbocycles. The van der Waals surface area contributed by atoms with Crippen LogP contribution in [0.25, 0.3) is 11.3 Å². The summed E-state index contributed by atoms with van der Waals surface area (Å²) < 4.78 is 27.6. The molecule has 2 heterocycles. The Kier molecular flexibility index (Phi) is 4.76. The van der Waals surface area contributed by atoms with Crippen molar-refractivity contribution in [1.29, 1.82) is 0 Å². The Bertz CT molecular complexity index is 891. The van der Waals surface area contributed by atoms with E-state index in [1.807, 2.05) is 6.92 Å². The summed E-state index contributed by atoms with van der Waals surface area (Å²) in [6.45, 7) is 2.42. The van der Waals surface area contributed by atoms with Crippen LogP contribution in [0, 0.1) is 0 Å². The van der Waals surface area contributed by atoms with Crippen LogP contribution in [0.4, 0.5) is 0 Å². The predicted molar refractivity (Wildman–Crippen MR) is 92.5 cm³/mol. The number of aromatic amines is 1. The number of H-pyrrole nitrogens is 1. The first-order valence-corrected chi connectivity index (χ1v) is 9.59. The fourth-order valence-corrected chi connectivity index (χ4v) is 5.12. The molecular weight excluding hydrogens is 350 g/mol. The highest BCUT2D eigenvalue weighted by Gasteiger charge is 2.32. The zero-order valence-corrected chi connectivity index (χ0v) is 14.8. The SMILES string of the molecule is CC1CCCCN1S(=O)(=O)c1cc(-c2ccc(=O)[nH]n2)ccc1Cl. The van der Waals surface area contributed by atoms with Crippen molar-refractivity contribution in [2.24, 2.45) is 0 Å². The maximum Gasteiger partial charge on any atom is 0.264 e. The van der Waals surface area contributed by atoms with Gasteiger partial charge in [0.1, 0.15) is 4.90 Å². The maximum absolute atomic E-state index is 13.0. The van der Waals surface area contributed by atoms with E-state index in [9.17, 15) is 13.2 Å². The van der Waals surface area contributed by atoms with Crippen LogP contribution in [0.15, 0.2) is 40.0 Å². The lowest BCUT2D eigenvalue weighted by atomic mass is 10.1. The van der Waals surface area contributed by atoms with Crippen LogP contribution in [0.2, 0.25) is 5.02 Å². The Hall–Kier alpha value is -1.70. The lowest BCUT2D eigenvalue weighted by Crippen LogP contribution is -2.42. The molecule has 1 saturated heterocycles. The van der Waals surface area contributed by atoms with Crippen molar-refractivity contribution in [2.75, 3.05) is 6.54 Å². The molecule has 0 bridgehead atoms. The van der Waals surface area contributed by atoms with Gasteiger partial charge in [-0.1, -0.05) is 24.1 Å². The number of halogens is 1. The molecule has 1 aromatic heterocycles. The molecule has 6 nitrogen and oxygen atoms in total. The van der Waals surface area contributed by atoms with E-state index < -0.39 is 10.0 Å². The molecule has 1 fully saturated rings. The molecule has 0 amide bonds. The van der Waals surface area contributed by atoms with E-state index >= 15 is 0 Å².